The van der Waals surface area contributed by atoms with E-state index in [-0.39, 0.29) is 18.2 Å². The van der Waals surface area contributed by atoms with E-state index < -0.39 is 5.97 Å². The van der Waals surface area contributed by atoms with Gasteiger partial charge in [-0.3, -0.25) is 0 Å². The van der Waals surface area contributed by atoms with Crippen LogP contribution in [0.5, 0.6) is 0 Å². The summed E-state index contributed by atoms with van der Waals surface area (Å²) in [7, 11) is 0. The second-order valence-electron chi connectivity index (χ2n) is 9.98. The molecule has 0 aromatic heterocycles. The summed E-state index contributed by atoms with van der Waals surface area (Å²) in [4.78, 5) is 24.5. The Hall–Kier alpha value is -1.58. The zero-order chi connectivity index (χ0) is 20.7. The van der Waals surface area contributed by atoms with Crippen LogP contribution in [0.15, 0.2) is 24.3 Å². The molecule has 0 amide bonds. The Morgan fingerprint density at radius 1 is 1.11 bits per heavy atom. The van der Waals surface area contributed by atoms with Crippen LogP contribution in [0.4, 0.5) is 0 Å². The normalized spacial score (nSPS) is 36.6. The van der Waals surface area contributed by atoms with Crippen molar-refractivity contribution in [3.8, 4) is 0 Å². The molecule has 4 bridgehead atoms. The highest BCUT2D eigenvalue weighted by Crippen LogP contribution is 2.66. The van der Waals surface area contributed by atoms with Gasteiger partial charge in [0.15, 0.2) is 0 Å². The highest BCUT2D eigenvalue weighted by atomic mass is 16.6. The summed E-state index contributed by atoms with van der Waals surface area (Å²) in [6, 6.07) is 0. The van der Waals surface area contributed by atoms with Gasteiger partial charge in [-0.15, -0.1) is 0 Å². The number of rotatable bonds is 8. The van der Waals surface area contributed by atoms with Crippen molar-refractivity contribution in [2.24, 2.45) is 29.1 Å². The number of hydrogen-bond donors (Lipinski definition) is 0. The summed E-state index contributed by atoms with van der Waals surface area (Å²) in [5.41, 5.74) is 0.802. The van der Waals surface area contributed by atoms with Crippen LogP contribution >= 0.6 is 0 Å². The molecular formula is C24H36O4. The summed E-state index contributed by atoms with van der Waals surface area (Å²) in [5.74, 6) is 1.29. The molecule has 0 N–H and O–H groups in total. The predicted molar refractivity (Wildman–Crippen MR) is 109 cm³/mol. The Morgan fingerprint density at radius 2 is 1.71 bits per heavy atom. The monoisotopic (exact) mass is 388 g/mol. The van der Waals surface area contributed by atoms with E-state index in [4.69, 9.17) is 9.47 Å². The van der Waals surface area contributed by atoms with Crippen LogP contribution in [-0.4, -0.2) is 24.1 Å². The van der Waals surface area contributed by atoms with Gasteiger partial charge in [0.05, 0.1) is 6.61 Å². The minimum absolute atomic E-state index is 0.128. The second-order valence-corrected chi connectivity index (χ2v) is 9.98. The summed E-state index contributed by atoms with van der Waals surface area (Å²) < 4.78 is 11.5. The Balaban J connectivity index is 1.70. The van der Waals surface area contributed by atoms with Crippen molar-refractivity contribution in [3.63, 3.8) is 0 Å². The highest BCUT2D eigenvalue weighted by molar-refractivity contribution is 5.89. The molecule has 4 saturated carbocycles. The molecule has 0 heterocycles. The molecule has 28 heavy (non-hydrogen) atoms. The third-order valence-electron chi connectivity index (χ3n) is 7.70. The summed E-state index contributed by atoms with van der Waals surface area (Å²) in [6.07, 6.45) is 7.35. The second kappa shape index (κ2) is 7.68. The Bertz CT molecular complexity index is 660. The molecule has 0 radical (unpaired) electrons. The molecule has 156 valence electrons. The van der Waals surface area contributed by atoms with Crippen molar-refractivity contribution in [1.29, 1.82) is 0 Å². The Labute approximate surface area is 169 Å². The molecule has 3 atom stereocenters. The van der Waals surface area contributed by atoms with Gasteiger partial charge in [-0.05, 0) is 62.7 Å². The maximum absolute atomic E-state index is 13.0. The van der Waals surface area contributed by atoms with E-state index in [0.717, 1.165) is 12.3 Å². The van der Waals surface area contributed by atoms with Gasteiger partial charge in [-0.25, -0.2) is 9.59 Å². The smallest absolute Gasteiger partial charge is 0.334 e. The summed E-state index contributed by atoms with van der Waals surface area (Å²) in [5, 5.41) is 0. The van der Waals surface area contributed by atoms with Crippen LogP contribution in [0.1, 0.15) is 72.6 Å². The van der Waals surface area contributed by atoms with Gasteiger partial charge in [0.1, 0.15) is 5.60 Å². The molecule has 0 aliphatic heterocycles. The minimum atomic E-state index is -0.438. The van der Waals surface area contributed by atoms with Crippen molar-refractivity contribution in [1.82, 2.24) is 0 Å². The molecule has 4 rings (SSSR count). The first-order valence-electron chi connectivity index (χ1n) is 10.8. The van der Waals surface area contributed by atoms with E-state index in [2.05, 4.69) is 33.9 Å². The lowest BCUT2D eigenvalue weighted by atomic mass is 9.43. The number of carbonyl (C=O) groups is 2. The zero-order valence-corrected chi connectivity index (χ0v) is 18.0. The fraction of sp³-hybridized carbons (Fsp3) is 0.750. The van der Waals surface area contributed by atoms with Crippen molar-refractivity contribution in [2.75, 3.05) is 6.61 Å². The molecule has 4 fully saturated rings. The van der Waals surface area contributed by atoms with Gasteiger partial charge in [0.2, 0.25) is 0 Å². The maximum atomic E-state index is 13.0. The molecule has 4 aliphatic carbocycles. The third-order valence-corrected chi connectivity index (χ3v) is 7.70. The fourth-order valence-corrected chi connectivity index (χ4v) is 6.51. The first-order valence-corrected chi connectivity index (χ1v) is 10.8. The quantitative estimate of drug-likeness (QED) is 0.422. The molecule has 0 aromatic rings. The summed E-state index contributed by atoms with van der Waals surface area (Å²) >= 11 is 0. The fourth-order valence-electron chi connectivity index (χ4n) is 6.51. The van der Waals surface area contributed by atoms with Gasteiger partial charge in [0.25, 0.3) is 0 Å². The van der Waals surface area contributed by atoms with E-state index in [1.54, 1.807) is 6.92 Å². The van der Waals surface area contributed by atoms with Crippen molar-refractivity contribution in [2.45, 2.75) is 78.2 Å². The number of carbonyl (C=O) groups excluding carboxylic acids is 2. The Morgan fingerprint density at radius 3 is 2.21 bits per heavy atom. The van der Waals surface area contributed by atoms with Crippen LogP contribution in [0.25, 0.3) is 0 Å². The van der Waals surface area contributed by atoms with E-state index in [1.165, 1.54) is 32.1 Å². The minimum Gasteiger partial charge on any atom is -0.462 e. The average Bonchev–Trinajstić information content (AvgIpc) is 2.62. The van der Waals surface area contributed by atoms with E-state index >= 15 is 0 Å². The van der Waals surface area contributed by atoms with Gasteiger partial charge >= 0.3 is 11.9 Å². The Kier molecular flexibility index (Phi) is 5.80. The molecule has 3 unspecified atom stereocenters. The first-order chi connectivity index (χ1) is 13.1. The molecule has 0 spiro atoms. The van der Waals surface area contributed by atoms with E-state index in [9.17, 15) is 9.59 Å². The number of esters is 2. The largest absolute Gasteiger partial charge is 0.462 e. The van der Waals surface area contributed by atoms with Gasteiger partial charge < -0.3 is 9.47 Å². The summed E-state index contributed by atoms with van der Waals surface area (Å²) in [6.45, 7) is 16.1. The molecule has 0 aromatic carbocycles. The third kappa shape index (κ3) is 3.67. The van der Waals surface area contributed by atoms with Gasteiger partial charge in [0, 0.05) is 29.4 Å². The first kappa shape index (κ1) is 21.1. The molecule has 4 nitrogen and oxygen atoms in total. The number of hydrogen-bond acceptors (Lipinski definition) is 4. The molecule has 4 aliphatic rings. The average molecular weight is 389 g/mol. The van der Waals surface area contributed by atoms with Crippen LogP contribution in [0.2, 0.25) is 0 Å². The lowest BCUT2D eigenvalue weighted by Crippen LogP contribution is -2.64. The highest BCUT2D eigenvalue weighted by Gasteiger charge is 2.64. The zero-order valence-electron chi connectivity index (χ0n) is 18.0. The molecule has 4 heteroatoms. The SMILES string of the molecule is C=C(C)C(=O)OCCC(=C)C(=O)OC1(C(C)CC)C2CC3CC1CC(C)(C3)C2. The van der Waals surface area contributed by atoms with E-state index in [1.807, 2.05) is 0 Å². The molecular weight excluding hydrogens is 352 g/mol. The van der Waals surface area contributed by atoms with Crippen LogP contribution < -0.4 is 0 Å². The van der Waals surface area contributed by atoms with Gasteiger partial charge in [-0.2, -0.15) is 0 Å². The van der Waals surface area contributed by atoms with Crippen LogP contribution in [-0.2, 0) is 19.1 Å². The van der Waals surface area contributed by atoms with Crippen LogP contribution in [0, 0.1) is 29.1 Å². The standard InChI is InChI=1S/C24H36O4/c1-7-17(5)24(19-10-18-11-20(24)14-23(6,12-18)13-19)28-22(26)16(4)8-9-27-21(25)15(2)3/h17-20H,2,4,7-14H2,1,3,5-6H3. The molecule has 0 saturated heterocycles. The maximum Gasteiger partial charge on any atom is 0.334 e. The van der Waals surface area contributed by atoms with Crippen molar-refractivity contribution >= 4 is 11.9 Å². The van der Waals surface area contributed by atoms with Crippen LogP contribution in [0.3, 0.4) is 0 Å². The van der Waals surface area contributed by atoms with E-state index in [0.29, 0.717) is 40.7 Å². The predicted octanol–water partition coefficient (Wildman–Crippen LogP) is 5.23. The van der Waals surface area contributed by atoms with Crippen molar-refractivity contribution < 1.29 is 19.1 Å². The topological polar surface area (TPSA) is 52.6 Å². The lowest BCUT2D eigenvalue weighted by molar-refractivity contribution is -0.238. The van der Waals surface area contributed by atoms with Gasteiger partial charge in [-0.1, -0.05) is 33.9 Å². The number of ether oxygens (including phenoxy) is 2. The lowest BCUT2D eigenvalue weighted by Gasteiger charge is -2.65. The van der Waals surface area contributed by atoms with Crippen molar-refractivity contribution in [3.05, 3.63) is 24.3 Å².